The molecule has 0 unspecified atom stereocenters. The van der Waals surface area contributed by atoms with Crippen LogP contribution in [0.4, 0.5) is 0 Å². The first-order valence-corrected chi connectivity index (χ1v) is 8.42. The summed E-state index contributed by atoms with van der Waals surface area (Å²) in [6, 6.07) is 12.9. The summed E-state index contributed by atoms with van der Waals surface area (Å²) in [5, 5.41) is 8.58. The molecule has 8 heteroatoms. The third-order valence-electron chi connectivity index (χ3n) is 2.87. The van der Waals surface area contributed by atoms with Gasteiger partial charge in [-0.15, -0.1) is 0 Å². The van der Waals surface area contributed by atoms with Gasteiger partial charge in [-0.2, -0.15) is 0 Å². The van der Waals surface area contributed by atoms with Crippen molar-refractivity contribution >= 4 is 27.6 Å². The SMILES string of the molecule is O=C(O)COc1ccc(S(=O)(=O)NCc2ccccc2)cc1Cl. The Morgan fingerprint density at radius 3 is 2.48 bits per heavy atom. The zero-order valence-electron chi connectivity index (χ0n) is 11.9. The standard InChI is InChI=1S/C15H14ClNO5S/c16-13-8-12(6-7-14(13)22-10-15(18)19)23(20,21)17-9-11-4-2-1-3-5-11/h1-8,17H,9-10H2,(H,18,19). The van der Waals surface area contributed by atoms with Crippen LogP contribution in [0, 0.1) is 0 Å². The Morgan fingerprint density at radius 2 is 1.87 bits per heavy atom. The maximum atomic E-state index is 12.2. The first kappa shape index (κ1) is 17.3. The number of rotatable bonds is 7. The molecule has 0 radical (unpaired) electrons. The maximum Gasteiger partial charge on any atom is 0.341 e. The first-order chi connectivity index (χ1) is 10.9. The third-order valence-corrected chi connectivity index (χ3v) is 4.57. The molecule has 2 N–H and O–H groups in total. The Hall–Kier alpha value is -2.09. The van der Waals surface area contributed by atoms with Crippen molar-refractivity contribution in [2.45, 2.75) is 11.4 Å². The van der Waals surface area contributed by atoms with Gasteiger partial charge in [-0.25, -0.2) is 17.9 Å². The van der Waals surface area contributed by atoms with Crippen molar-refractivity contribution in [1.82, 2.24) is 4.72 Å². The predicted octanol–water partition coefficient (Wildman–Crippen LogP) is 2.28. The highest BCUT2D eigenvalue weighted by Crippen LogP contribution is 2.27. The van der Waals surface area contributed by atoms with Crippen molar-refractivity contribution in [2.75, 3.05) is 6.61 Å². The van der Waals surface area contributed by atoms with Crippen molar-refractivity contribution in [2.24, 2.45) is 0 Å². The quantitative estimate of drug-likeness (QED) is 0.794. The molecule has 0 atom stereocenters. The lowest BCUT2D eigenvalue weighted by molar-refractivity contribution is -0.139. The van der Waals surface area contributed by atoms with Crippen molar-refractivity contribution in [1.29, 1.82) is 0 Å². The average Bonchev–Trinajstić information content (AvgIpc) is 2.52. The van der Waals surface area contributed by atoms with E-state index in [-0.39, 0.29) is 22.2 Å². The van der Waals surface area contributed by atoms with Crippen molar-refractivity contribution in [3.05, 3.63) is 59.1 Å². The molecule has 0 saturated carbocycles. The summed E-state index contributed by atoms with van der Waals surface area (Å²) in [7, 11) is -3.74. The van der Waals surface area contributed by atoms with Gasteiger partial charge in [0.05, 0.1) is 9.92 Å². The molecule has 0 amide bonds. The van der Waals surface area contributed by atoms with Crippen LogP contribution in [-0.4, -0.2) is 26.1 Å². The topological polar surface area (TPSA) is 92.7 Å². The van der Waals surface area contributed by atoms with Gasteiger partial charge >= 0.3 is 5.97 Å². The maximum absolute atomic E-state index is 12.2. The Balaban J connectivity index is 2.10. The van der Waals surface area contributed by atoms with Crippen LogP contribution in [-0.2, 0) is 21.4 Å². The van der Waals surface area contributed by atoms with E-state index in [4.69, 9.17) is 21.4 Å². The second-order valence-corrected chi connectivity index (χ2v) is 6.76. The summed E-state index contributed by atoms with van der Waals surface area (Å²) in [6.45, 7) is -0.407. The molecule has 0 aliphatic carbocycles. The van der Waals surface area contributed by atoms with E-state index in [0.717, 1.165) is 5.56 Å². The molecular formula is C15H14ClNO5S. The number of halogens is 1. The molecule has 0 bridgehead atoms. The smallest absolute Gasteiger partial charge is 0.341 e. The van der Waals surface area contributed by atoms with Gasteiger partial charge in [0, 0.05) is 6.54 Å². The Labute approximate surface area is 138 Å². The third kappa shape index (κ3) is 4.95. The number of carboxylic acids is 1. The van der Waals surface area contributed by atoms with Crippen LogP contribution in [0.25, 0.3) is 0 Å². The van der Waals surface area contributed by atoms with Gasteiger partial charge in [-0.05, 0) is 23.8 Å². The van der Waals surface area contributed by atoms with Crippen LogP contribution in [0.15, 0.2) is 53.4 Å². The summed E-state index contributed by atoms with van der Waals surface area (Å²) in [4.78, 5) is 10.4. The van der Waals surface area contributed by atoms with Crippen LogP contribution >= 0.6 is 11.6 Å². The lowest BCUT2D eigenvalue weighted by Gasteiger charge is -2.10. The fourth-order valence-corrected chi connectivity index (χ4v) is 3.11. The summed E-state index contributed by atoms with van der Waals surface area (Å²) in [6.07, 6.45) is 0. The second-order valence-electron chi connectivity index (χ2n) is 4.58. The minimum Gasteiger partial charge on any atom is -0.480 e. The van der Waals surface area contributed by atoms with Gasteiger partial charge in [0.15, 0.2) is 6.61 Å². The average molecular weight is 356 g/mol. The summed E-state index contributed by atoms with van der Waals surface area (Å²) >= 11 is 5.93. The van der Waals surface area contributed by atoms with Gasteiger partial charge in [-0.3, -0.25) is 0 Å². The van der Waals surface area contributed by atoms with Crippen LogP contribution in [0.1, 0.15) is 5.56 Å². The number of hydrogen-bond donors (Lipinski definition) is 2. The van der Waals surface area contributed by atoms with Gasteiger partial charge in [0.25, 0.3) is 0 Å². The zero-order chi connectivity index (χ0) is 16.9. The minimum absolute atomic E-state index is 0.0221. The molecule has 0 saturated heterocycles. The van der Waals surface area contributed by atoms with Crippen molar-refractivity contribution < 1.29 is 23.1 Å². The van der Waals surface area contributed by atoms with E-state index in [0.29, 0.717) is 0 Å². The second kappa shape index (κ2) is 7.45. The molecule has 0 aliphatic rings. The lowest BCUT2D eigenvalue weighted by atomic mass is 10.2. The number of benzene rings is 2. The van der Waals surface area contributed by atoms with Crippen molar-refractivity contribution in [3.63, 3.8) is 0 Å². The van der Waals surface area contributed by atoms with Gasteiger partial charge in [0.1, 0.15) is 5.75 Å². The number of carbonyl (C=O) groups is 1. The molecule has 0 spiro atoms. The van der Waals surface area contributed by atoms with Crippen molar-refractivity contribution in [3.8, 4) is 5.75 Å². The monoisotopic (exact) mass is 355 g/mol. The lowest BCUT2D eigenvalue weighted by Crippen LogP contribution is -2.23. The summed E-state index contributed by atoms with van der Waals surface area (Å²) in [5.41, 5.74) is 0.823. The molecule has 0 heterocycles. The van der Waals surface area contributed by atoms with Crippen LogP contribution in [0.2, 0.25) is 5.02 Å². The Bertz CT molecular complexity index is 793. The molecule has 2 aromatic carbocycles. The number of nitrogens with one attached hydrogen (secondary N) is 1. The highest BCUT2D eigenvalue weighted by Gasteiger charge is 2.16. The van der Waals surface area contributed by atoms with E-state index >= 15 is 0 Å². The molecule has 2 aromatic rings. The predicted molar refractivity (Wildman–Crippen MR) is 85.1 cm³/mol. The largest absolute Gasteiger partial charge is 0.480 e. The summed E-state index contributed by atoms with van der Waals surface area (Å²) < 4.78 is 31.9. The molecule has 0 fully saturated rings. The van der Waals surface area contributed by atoms with E-state index in [9.17, 15) is 13.2 Å². The number of ether oxygens (including phenoxy) is 1. The number of hydrogen-bond acceptors (Lipinski definition) is 4. The normalized spacial score (nSPS) is 11.2. The van der Waals surface area contributed by atoms with E-state index in [1.807, 2.05) is 18.2 Å². The zero-order valence-corrected chi connectivity index (χ0v) is 13.5. The fourth-order valence-electron chi connectivity index (χ4n) is 1.76. The molecular weight excluding hydrogens is 342 g/mol. The molecule has 122 valence electrons. The number of aliphatic carboxylic acids is 1. The van der Waals surface area contributed by atoms with E-state index in [1.165, 1.54) is 18.2 Å². The van der Waals surface area contributed by atoms with Gasteiger partial charge in [-0.1, -0.05) is 41.9 Å². The Morgan fingerprint density at radius 1 is 1.17 bits per heavy atom. The highest BCUT2D eigenvalue weighted by molar-refractivity contribution is 7.89. The van der Waals surface area contributed by atoms with Gasteiger partial charge in [0.2, 0.25) is 10.0 Å². The van der Waals surface area contributed by atoms with Crippen LogP contribution in [0.3, 0.4) is 0 Å². The minimum atomic E-state index is -3.74. The summed E-state index contributed by atoms with van der Waals surface area (Å²) in [5.74, 6) is -1.04. The first-order valence-electron chi connectivity index (χ1n) is 6.56. The van der Waals surface area contributed by atoms with E-state index in [1.54, 1.807) is 12.1 Å². The van der Waals surface area contributed by atoms with Crippen LogP contribution in [0.5, 0.6) is 5.75 Å². The molecule has 23 heavy (non-hydrogen) atoms. The Kier molecular flexibility index (Phi) is 5.59. The fraction of sp³-hybridized carbons (Fsp3) is 0.133. The molecule has 0 aliphatic heterocycles. The number of sulfonamides is 1. The molecule has 0 aromatic heterocycles. The highest BCUT2D eigenvalue weighted by atomic mass is 35.5. The number of carboxylic acid groups (broad SMARTS) is 1. The van der Waals surface area contributed by atoms with Crippen LogP contribution < -0.4 is 9.46 Å². The molecule has 6 nitrogen and oxygen atoms in total. The van der Waals surface area contributed by atoms with Gasteiger partial charge < -0.3 is 9.84 Å². The van der Waals surface area contributed by atoms with E-state index in [2.05, 4.69) is 4.72 Å². The molecule has 2 rings (SSSR count). The van der Waals surface area contributed by atoms with E-state index < -0.39 is 22.6 Å².